The van der Waals surface area contributed by atoms with Crippen molar-refractivity contribution < 1.29 is 23.1 Å². The zero-order valence-electron chi connectivity index (χ0n) is 14.6. The van der Waals surface area contributed by atoms with Crippen LogP contribution in [0.5, 0.6) is 5.06 Å². The van der Waals surface area contributed by atoms with Crippen LogP contribution in [0, 0.1) is 13.8 Å². The molecule has 3 aromatic rings. The maximum atomic E-state index is 12.8. The van der Waals surface area contributed by atoms with Crippen molar-refractivity contribution in [2.24, 2.45) is 0 Å². The quantitative estimate of drug-likeness (QED) is 0.592. The van der Waals surface area contributed by atoms with Crippen molar-refractivity contribution >= 4 is 33.2 Å². The van der Waals surface area contributed by atoms with Gasteiger partial charge in [-0.2, -0.15) is 0 Å². The fourth-order valence-electron chi connectivity index (χ4n) is 2.60. The number of rotatable bonds is 5. The van der Waals surface area contributed by atoms with Crippen molar-refractivity contribution in [3.63, 3.8) is 0 Å². The van der Waals surface area contributed by atoms with Crippen LogP contribution in [0.2, 0.25) is 0 Å². The summed E-state index contributed by atoms with van der Waals surface area (Å²) in [6, 6.07) is 15.7. The molecule has 1 heterocycles. The summed E-state index contributed by atoms with van der Waals surface area (Å²) in [4.78, 5) is 11.8. The molecule has 0 saturated carbocycles. The third-order valence-corrected chi connectivity index (χ3v) is 6.40. The van der Waals surface area contributed by atoms with Crippen LogP contribution < -0.4 is 9.46 Å². The third kappa shape index (κ3) is 4.29. The number of carboxylic acid groups (broad SMARTS) is 1. The highest BCUT2D eigenvalue weighted by Gasteiger charge is 2.22. The molecule has 0 unspecified atom stereocenters. The molecule has 0 bridgehead atoms. The highest BCUT2D eigenvalue weighted by Crippen LogP contribution is 2.42. The van der Waals surface area contributed by atoms with E-state index >= 15 is 0 Å². The van der Waals surface area contributed by atoms with Crippen LogP contribution in [0.3, 0.4) is 0 Å². The zero-order valence-corrected chi connectivity index (χ0v) is 16.2. The Bertz CT molecular complexity index is 1100. The van der Waals surface area contributed by atoms with E-state index in [1.54, 1.807) is 31.2 Å². The van der Waals surface area contributed by atoms with Gasteiger partial charge in [0.2, 0.25) is 5.06 Å². The standard InChI is InChI=1S/C19H17NO5S2/c1-12-6-5-8-14(10-12)16-11-15(18(26-16)25-19(21)22)20-27(23,24)17-9-4-3-7-13(17)2/h3-11,20H,1-2H3,(H,21,22). The Morgan fingerprint density at radius 3 is 2.48 bits per heavy atom. The topological polar surface area (TPSA) is 92.7 Å². The van der Waals surface area contributed by atoms with Crippen LogP contribution in [0.4, 0.5) is 10.5 Å². The summed E-state index contributed by atoms with van der Waals surface area (Å²) in [6.45, 7) is 3.63. The average molecular weight is 403 g/mol. The molecule has 0 radical (unpaired) electrons. The van der Waals surface area contributed by atoms with E-state index in [0.717, 1.165) is 22.5 Å². The first-order valence-corrected chi connectivity index (χ1v) is 10.3. The van der Waals surface area contributed by atoms with Crippen LogP contribution >= 0.6 is 11.3 Å². The molecule has 0 fully saturated rings. The number of hydrogen-bond donors (Lipinski definition) is 2. The second-order valence-corrected chi connectivity index (χ2v) is 8.59. The van der Waals surface area contributed by atoms with Gasteiger partial charge in [0.25, 0.3) is 10.0 Å². The number of carbonyl (C=O) groups is 1. The van der Waals surface area contributed by atoms with Crippen LogP contribution in [0.15, 0.2) is 59.5 Å². The number of benzene rings is 2. The Labute approximate surface area is 161 Å². The van der Waals surface area contributed by atoms with Gasteiger partial charge in [-0.15, -0.1) is 0 Å². The Morgan fingerprint density at radius 2 is 1.81 bits per heavy atom. The Hall–Kier alpha value is -2.84. The lowest BCUT2D eigenvalue weighted by atomic mass is 10.1. The van der Waals surface area contributed by atoms with Gasteiger partial charge in [0.15, 0.2) is 0 Å². The van der Waals surface area contributed by atoms with Gasteiger partial charge >= 0.3 is 6.16 Å². The number of anilines is 1. The Morgan fingerprint density at radius 1 is 1.07 bits per heavy atom. The first-order chi connectivity index (χ1) is 12.8. The number of hydrogen-bond acceptors (Lipinski definition) is 5. The minimum atomic E-state index is -3.90. The van der Waals surface area contributed by atoms with E-state index in [9.17, 15) is 13.2 Å². The fraction of sp³-hybridized carbons (Fsp3) is 0.105. The predicted molar refractivity (Wildman–Crippen MR) is 105 cm³/mol. The molecule has 0 aliphatic carbocycles. The lowest BCUT2D eigenvalue weighted by Gasteiger charge is -2.10. The van der Waals surface area contributed by atoms with Gasteiger partial charge in [0.1, 0.15) is 5.69 Å². The number of sulfonamides is 1. The van der Waals surface area contributed by atoms with Gasteiger partial charge in [-0.25, -0.2) is 13.2 Å². The number of aryl methyl sites for hydroxylation is 2. The molecular formula is C19H17NO5S2. The molecular weight excluding hydrogens is 386 g/mol. The average Bonchev–Trinajstić information content (AvgIpc) is 2.96. The van der Waals surface area contributed by atoms with Gasteiger partial charge in [0, 0.05) is 4.88 Å². The van der Waals surface area contributed by atoms with E-state index in [4.69, 9.17) is 9.84 Å². The molecule has 0 atom stereocenters. The van der Waals surface area contributed by atoms with E-state index in [1.165, 1.54) is 6.07 Å². The van der Waals surface area contributed by atoms with Crippen LogP contribution in [0.1, 0.15) is 11.1 Å². The molecule has 0 aliphatic rings. The zero-order chi connectivity index (χ0) is 19.6. The molecule has 2 N–H and O–H groups in total. The minimum absolute atomic E-state index is 0.0313. The smallest absolute Gasteiger partial charge is 0.449 e. The summed E-state index contributed by atoms with van der Waals surface area (Å²) in [7, 11) is -3.90. The Balaban J connectivity index is 2.03. The summed E-state index contributed by atoms with van der Waals surface area (Å²) >= 11 is 1.06. The minimum Gasteiger partial charge on any atom is -0.449 e. The van der Waals surface area contributed by atoms with Crippen molar-refractivity contribution in [3.05, 3.63) is 65.7 Å². The molecule has 0 aliphatic heterocycles. The first-order valence-electron chi connectivity index (χ1n) is 7.96. The van der Waals surface area contributed by atoms with Crippen molar-refractivity contribution in [3.8, 4) is 15.5 Å². The molecule has 0 amide bonds. The molecule has 2 aromatic carbocycles. The molecule has 1 aromatic heterocycles. The number of ether oxygens (including phenoxy) is 1. The van der Waals surface area contributed by atoms with Gasteiger partial charge in [-0.3, -0.25) is 4.72 Å². The number of thiophene rings is 1. The van der Waals surface area contributed by atoms with E-state index in [1.807, 2.05) is 31.2 Å². The van der Waals surface area contributed by atoms with Crippen LogP contribution in [-0.2, 0) is 10.0 Å². The Kier molecular flexibility index (Phi) is 5.20. The predicted octanol–water partition coefficient (Wildman–Crippen LogP) is 4.89. The highest BCUT2D eigenvalue weighted by molar-refractivity contribution is 7.92. The normalized spacial score (nSPS) is 11.2. The van der Waals surface area contributed by atoms with E-state index in [0.29, 0.717) is 10.4 Å². The summed E-state index contributed by atoms with van der Waals surface area (Å²) in [5.74, 6) is 0. The molecule has 27 heavy (non-hydrogen) atoms. The maximum absolute atomic E-state index is 12.8. The molecule has 0 spiro atoms. The van der Waals surface area contributed by atoms with Gasteiger partial charge in [-0.05, 0) is 37.1 Å². The summed E-state index contributed by atoms with van der Waals surface area (Å²) < 4.78 is 32.7. The largest absolute Gasteiger partial charge is 0.512 e. The fourth-order valence-corrected chi connectivity index (χ4v) is 4.92. The molecule has 6 nitrogen and oxygen atoms in total. The van der Waals surface area contributed by atoms with Crippen molar-refractivity contribution in [2.75, 3.05) is 4.72 Å². The molecule has 140 valence electrons. The van der Waals surface area contributed by atoms with E-state index in [-0.39, 0.29) is 15.6 Å². The van der Waals surface area contributed by atoms with Crippen molar-refractivity contribution in [2.45, 2.75) is 18.7 Å². The highest BCUT2D eigenvalue weighted by atomic mass is 32.2. The van der Waals surface area contributed by atoms with Crippen molar-refractivity contribution in [1.82, 2.24) is 0 Å². The summed E-state index contributed by atoms with van der Waals surface area (Å²) in [6.07, 6.45) is -1.51. The SMILES string of the molecule is Cc1cccc(-c2cc(NS(=O)(=O)c3ccccc3C)c(OC(=O)O)s2)c1. The van der Waals surface area contributed by atoms with Crippen LogP contribution in [-0.4, -0.2) is 19.7 Å². The summed E-state index contributed by atoms with van der Waals surface area (Å²) in [5, 5.41) is 8.95. The first kappa shape index (κ1) is 18.9. The maximum Gasteiger partial charge on any atom is 0.512 e. The van der Waals surface area contributed by atoms with Gasteiger partial charge < -0.3 is 9.84 Å². The molecule has 0 saturated heterocycles. The van der Waals surface area contributed by atoms with Gasteiger partial charge in [0.05, 0.1) is 4.90 Å². The van der Waals surface area contributed by atoms with Gasteiger partial charge in [-0.1, -0.05) is 59.4 Å². The second kappa shape index (κ2) is 7.42. The molecule has 8 heteroatoms. The number of nitrogens with one attached hydrogen (secondary N) is 1. The lowest BCUT2D eigenvalue weighted by molar-refractivity contribution is 0.146. The monoisotopic (exact) mass is 403 g/mol. The van der Waals surface area contributed by atoms with Crippen molar-refractivity contribution in [1.29, 1.82) is 0 Å². The van der Waals surface area contributed by atoms with E-state index in [2.05, 4.69) is 4.72 Å². The second-order valence-electron chi connectivity index (χ2n) is 5.92. The van der Waals surface area contributed by atoms with Crippen LogP contribution in [0.25, 0.3) is 10.4 Å². The van der Waals surface area contributed by atoms with E-state index < -0.39 is 16.2 Å². The third-order valence-electron chi connectivity index (χ3n) is 3.81. The molecule has 3 rings (SSSR count). The lowest BCUT2D eigenvalue weighted by Crippen LogP contribution is -2.15. The summed E-state index contributed by atoms with van der Waals surface area (Å²) in [5.41, 5.74) is 2.54.